The second-order valence-electron chi connectivity index (χ2n) is 4.25. The van der Waals surface area contributed by atoms with E-state index in [-0.39, 0.29) is 5.56 Å². The van der Waals surface area contributed by atoms with Gasteiger partial charge in [0.2, 0.25) is 0 Å². The Kier molecular flexibility index (Phi) is 5.63. The molecule has 0 radical (unpaired) electrons. The molecule has 0 saturated carbocycles. The van der Waals surface area contributed by atoms with Crippen molar-refractivity contribution in [2.24, 2.45) is 0 Å². The molecule has 5 nitrogen and oxygen atoms in total. The third-order valence-corrected chi connectivity index (χ3v) is 4.03. The van der Waals surface area contributed by atoms with Gasteiger partial charge in [-0.3, -0.25) is 4.79 Å². The van der Waals surface area contributed by atoms with Crippen LogP contribution in [0.15, 0.2) is 40.2 Å². The fourth-order valence-electron chi connectivity index (χ4n) is 1.89. The number of hydrogen-bond acceptors (Lipinski definition) is 4. The lowest BCUT2D eigenvalue weighted by molar-refractivity contribution is 0.760. The van der Waals surface area contributed by atoms with Crippen LogP contribution in [0.2, 0.25) is 5.15 Å². The van der Waals surface area contributed by atoms with Gasteiger partial charge in [0, 0.05) is 11.5 Å². The van der Waals surface area contributed by atoms with E-state index in [2.05, 4.69) is 15.1 Å². The van der Waals surface area contributed by atoms with Crippen molar-refractivity contribution in [3.63, 3.8) is 0 Å². The third-order valence-electron chi connectivity index (χ3n) is 2.75. The van der Waals surface area contributed by atoms with Crippen molar-refractivity contribution in [3.05, 3.63) is 51.7 Å². The number of nitrogens with zero attached hydrogens (tertiary/aromatic N) is 3. The predicted octanol–water partition coefficient (Wildman–Crippen LogP) is 3.86. The lowest BCUT2D eigenvalue weighted by Gasteiger charge is -2.03. The zero-order valence-corrected chi connectivity index (χ0v) is 14.2. The summed E-state index contributed by atoms with van der Waals surface area (Å²) in [5.74, 6) is 1.10. The van der Waals surface area contributed by atoms with E-state index < -0.39 is 0 Å². The Labute approximate surface area is 137 Å². The zero-order chi connectivity index (χ0) is 16.1. The molecule has 0 spiro atoms. The maximum Gasteiger partial charge on any atom is 0.251 e. The summed E-state index contributed by atoms with van der Waals surface area (Å²) in [6, 6.07) is 9.16. The van der Waals surface area contributed by atoms with E-state index in [0.717, 1.165) is 10.9 Å². The summed E-state index contributed by atoms with van der Waals surface area (Å²) in [5.41, 5.74) is 0.699. The van der Waals surface area contributed by atoms with Crippen LogP contribution in [0.3, 0.4) is 0 Å². The molecule has 22 heavy (non-hydrogen) atoms. The van der Waals surface area contributed by atoms with Crippen LogP contribution in [0, 0.1) is 6.92 Å². The Balaban J connectivity index is 0.000000847. The maximum atomic E-state index is 11.4. The molecule has 3 rings (SSSR count). The van der Waals surface area contributed by atoms with Crippen LogP contribution >= 0.6 is 23.4 Å². The van der Waals surface area contributed by atoms with Crippen molar-refractivity contribution in [1.82, 2.24) is 19.7 Å². The molecule has 2 heterocycles. The number of rotatable bonds is 3. The Bertz CT molecular complexity index is 828. The summed E-state index contributed by atoms with van der Waals surface area (Å²) in [7, 11) is 0. The summed E-state index contributed by atoms with van der Waals surface area (Å²) in [6.45, 7) is 5.75. The summed E-state index contributed by atoms with van der Waals surface area (Å²) < 4.78 is 1.70. The van der Waals surface area contributed by atoms with E-state index in [1.807, 2.05) is 38.1 Å². The van der Waals surface area contributed by atoms with Crippen molar-refractivity contribution in [2.75, 3.05) is 0 Å². The molecule has 0 aliphatic rings. The van der Waals surface area contributed by atoms with Crippen molar-refractivity contribution in [3.8, 4) is 0 Å². The van der Waals surface area contributed by atoms with E-state index in [1.165, 1.54) is 17.8 Å². The van der Waals surface area contributed by atoms with Gasteiger partial charge in [-0.2, -0.15) is 5.10 Å². The number of aromatic nitrogens is 4. The van der Waals surface area contributed by atoms with E-state index in [4.69, 9.17) is 11.6 Å². The first-order valence-electron chi connectivity index (χ1n) is 6.95. The van der Waals surface area contributed by atoms with Crippen LogP contribution in [-0.2, 0) is 5.88 Å². The molecule has 0 amide bonds. The molecular formula is C15H17ClN4OS. The van der Waals surface area contributed by atoms with Gasteiger partial charge in [-0.1, -0.05) is 49.3 Å². The van der Waals surface area contributed by atoms with Crippen LogP contribution in [0.4, 0.5) is 0 Å². The van der Waals surface area contributed by atoms with Crippen molar-refractivity contribution in [2.45, 2.75) is 31.7 Å². The Hall–Kier alpha value is -1.79. The van der Waals surface area contributed by atoms with Gasteiger partial charge < -0.3 is 4.98 Å². The van der Waals surface area contributed by atoms with Crippen LogP contribution in [0.25, 0.3) is 10.9 Å². The van der Waals surface area contributed by atoms with E-state index in [0.29, 0.717) is 21.9 Å². The first-order chi connectivity index (χ1) is 10.6. The largest absolute Gasteiger partial charge is 0.311 e. The summed E-state index contributed by atoms with van der Waals surface area (Å²) >= 11 is 7.70. The number of halogens is 1. The van der Waals surface area contributed by atoms with Crippen molar-refractivity contribution >= 4 is 34.3 Å². The first kappa shape index (κ1) is 16.6. The van der Waals surface area contributed by atoms with Crippen LogP contribution in [0.1, 0.15) is 19.7 Å². The molecule has 1 N–H and O–H groups in total. The molecular weight excluding hydrogens is 320 g/mol. The predicted molar refractivity (Wildman–Crippen MR) is 91.5 cm³/mol. The highest BCUT2D eigenvalue weighted by Crippen LogP contribution is 2.25. The summed E-state index contributed by atoms with van der Waals surface area (Å²) in [4.78, 5) is 18.2. The van der Waals surface area contributed by atoms with Gasteiger partial charge in [0.15, 0.2) is 0 Å². The SMILES string of the molecule is CC.Cc1nc(SCn2nc3ccccc3c2Cl)cc(=O)[nH]1. The van der Waals surface area contributed by atoms with Crippen molar-refractivity contribution in [1.29, 1.82) is 0 Å². The van der Waals surface area contributed by atoms with Gasteiger partial charge in [-0.05, 0) is 19.1 Å². The van der Waals surface area contributed by atoms with Gasteiger partial charge in [0.1, 0.15) is 16.0 Å². The fourth-order valence-corrected chi connectivity index (χ4v) is 3.05. The zero-order valence-electron chi connectivity index (χ0n) is 12.6. The van der Waals surface area contributed by atoms with E-state index >= 15 is 0 Å². The van der Waals surface area contributed by atoms with Gasteiger partial charge in [0.05, 0.1) is 11.4 Å². The molecule has 0 fully saturated rings. The molecule has 7 heteroatoms. The molecule has 2 aromatic heterocycles. The van der Waals surface area contributed by atoms with Gasteiger partial charge in [-0.15, -0.1) is 0 Å². The minimum atomic E-state index is -0.156. The highest BCUT2D eigenvalue weighted by molar-refractivity contribution is 7.98. The smallest absolute Gasteiger partial charge is 0.251 e. The molecule has 3 aromatic rings. The highest BCUT2D eigenvalue weighted by atomic mass is 35.5. The molecule has 0 unspecified atom stereocenters. The number of aromatic amines is 1. The molecule has 0 aliphatic heterocycles. The summed E-state index contributed by atoms with van der Waals surface area (Å²) in [6.07, 6.45) is 0. The lowest BCUT2D eigenvalue weighted by atomic mass is 10.3. The monoisotopic (exact) mass is 336 g/mol. The second kappa shape index (κ2) is 7.47. The standard InChI is InChI=1S/C13H11ClN4OS.C2H6/c1-8-15-11(19)6-12(16-8)20-7-18-13(14)9-4-2-3-5-10(9)17-18;1-2/h2-6H,7H2,1H3,(H,15,16,19);1-2H3. The quantitative estimate of drug-likeness (QED) is 0.582. The number of hydrogen-bond donors (Lipinski definition) is 1. The first-order valence-corrected chi connectivity index (χ1v) is 8.31. The van der Waals surface area contributed by atoms with Gasteiger partial charge in [0.25, 0.3) is 5.56 Å². The molecule has 0 aliphatic carbocycles. The van der Waals surface area contributed by atoms with E-state index in [1.54, 1.807) is 11.6 Å². The number of aryl methyl sites for hydroxylation is 1. The van der Waals surface area contributed by atoms with E-state index in [9.17, 15) is 4.79 Å². The number of nitrogens with one attached hydrogen (secondary N) is 1. The molecule has 0 atom stereocenters. The topological polar surface area (TPSA) is 63.6 Å². The number of fused-ring (bicyclic) bond motifs is 1. The number of thioether (sulfide) groups is 1. The van der Waals surface area contributed by atoms with Gasteiger partial charge in [-0.25, -0.2) is 9.67 Å². The van der Waals surface area contributed by atoms with Crippen LogP contribution in [0.5, 0.6) is 0 Å². The number of H-pyrrole nitrogens is 1. The molecule has 116 valence electrons. The number of benzene rings is 1. The Morgan fingerprint density at radius 2 is 2.05 bits per heavy atom. The Morgan fingerprint density at radius 1 is 1.32 bits per heavy atom. The average Bonchev–Trinajstić information content (AvgIpc) is 2.83. The van der Waals surface area contributed by atoms with Crippen LogP contribution in [-0.4, -0.2) is 19.7 Å². The molecule has 0 saturated heterocycles. The average molecular weight is 337 g/mol. The fraction of sp³-hybridized carbons (Fsp3) is 0.267. The highest BCUT2D eigenvalue weighted by Gasteiger charge is 2.09. The maximum absolute atomic E-state index is 11.4. The van der Waals surface area contributed by atoms with Crippen molar-refractivity contribution < 1.29 is 0 Å². The van der Waals surface area contributed by atoms with Crippen LogP contribution < -0.4 is 5.56 Å². The summed E-state index contributed by atoms with van der Waals surface area (Å²) in [5, 5.41) is 6.59. The molecule has 1 aromatic carbocycles. The second-order valence-corrected chi connectivity index (χ2v) is 5.57. The molecule has 0 bridgehead atoms. The van der Waals surface area contributed by atoms with Gasteiger partial charge >= 0.3 is 0 Å². The third kappa shape index (κ3) is 3.69. The normalized spacial score (nSPS) is 10.4. The Morgan fingerprint density at radius 3 is 2.73 bits per heavy atom. The lowest BCUT2D eigenvalue weighted by Crippen LogP contribution is -2.08. The minimum absolute atomic E-state index is 0.156. The minimum Gasteiger partial charge on any atom is -0.311 e.